The molecule has 0 spiro atoms. The van der Waals surface area contributed by atoms with Crippen molar-refractivity contribution in [3.63, 3.8) is 0 Å². The largest absolute Gasteiger partial charge is 0.369 e. The number of hydrogen-bond acceptors (Lipinski definition) is 5. The number of aromatic nitrogens is 2. The fraction of sp³-hybridized carbons (Fsp3) is 0.143. The molecule has 1 amide bonds. The molecule has 0 saturated heterocycles. The normalized spacial score (nSPS) is 18.6. The molecule has 1 aromatic carbocycles. The summed E-state index contributed by atoms with van der Waals surface area (Å²) >= 11 is 6.30. The van der Waals surface area contributed by atoms with Crippen molar-refractivity contribution in [2.24, 2.45) is 10.7 Å². The number of aliphatic imine (C=N–C) groups is 1. The average Bonchev–Trinajstić information content (AvgIpc) is 2.98. The summed E-state index contributed by atoms with van der Waals surface area (Å²) in [5.41, 5.74) is 4.52. The number of nitrogens with two attached hydrogens (primary N) is 1. The molecule has 1 atom stereocenters. The summed E-state index contributed by atoms with van der Waals surface area (Å²) in [7, 11) is 1.42. The average molecular weight is 446 g/mol. The third kappa shape index (κ3) is 3.40. The number of carbonyl (C=O) groups excluding carboxylic acids is 1. The van der Waals surface area contributed by atoms with Gasteiger partial charge >= 0.3 is 0 Å². The van der Waals surface area contributed by atoms with Crippen molar-refractivity contribution in [2.75, 3.05) is 7.05 Å². The summed E-state index contributed by atoms with van der Waals surface area (Å²) in [4.78, 5) is 26.3. The first-order chi connectivity index (χ1) is 14.7. The van der Waals surface area contributed by atoms with Gasteiger partial charge in [-0.1, -0.05) is 11.6 Å². The summed E-state index contributed by atoms with van der Waals surface area (Å²) in [6.07, 6.45) is 0.769. The lowest BCUT2D eigenvalue weighted by Crippen LogP contribution is -2.41. The maximum absolute atomic E-state index is 14.3. The van der Waals surface area contributed by atoms with Crippen LogP contribution >= 0.6 is 11.6 Å². The third-order valence-electron chi connectivity index (χ3n) is 5.05. The van der Waals surface area contributed by atoms with Gasteiger partial charge in [-0.05, 0) is 47.5 Å². The summed E-state index contributed by atoms with van der Waals surface area (Å²) < 4.78 is 41.0. The van der Waals surface area contributed by atoms with Crippen LogP contribution in [0.4, 0.5) is 13.2 Å². The molecule has 1 aliphatic heterocycles. The minimum atomic E-state index is -2.81. The molecular formula is C21H15ClF3N5O. The van der Waals surface area contributed by atoms with E-state index < -0.39 is 23.8 Å². The molecule has 3 heterocycles. The number of rotatable bonds is 4. The Balaban J connectivity index is 2.00. The number of nitrogens with zero attached hydrogens (tertiary/aromatic N) is 4. The second kappa shape index (κ2) is 7.66. The fourth-order valence-corrected chi connectivity index (χ4v) is 3.75. The van der Waals surface area contributed by atoms with Gasteiger partial charge in [0.25, 0.3) is 12.3 Å². The van der Waals surface area contributed by atoms with Crippen molar-refractivity contribution in [3.05, 3.63) is 82.6 Å². The van der Waals surface area contributed by atoms with Gasteiger partial charge in [-0.15, -0.1) is 0 Å². The predicted octanol–water partition coefficient (Wildman–Crippen LogP) is 3.90. The molecule has 1 unspecified atom stereocenters. The van der Waals surface area contributed by atoms with Crippen LogP contribution in [-0.4, -0.2) is 33.8 Å². The van der Waals surface area contributed by atoms with E-state index in [2.05, 4.69) is 15.0 Å². The van der Waals surface area contributed by atoms with Crippen molar-refractivity contribution in [2.45, 2.75) is 12.0 Å². The van der Waals surface area contributed by atoms with Gasteiger partial charge in [0.2, 0.25) is 5.95 Å². The first-order valence-electron chi connectivity index (χ1n) is 9.03. The predicted molar refractivity (Wildman–Crippen MR) is 109 cm³/mol. The molecule has 6 nitrogen and oxygen atoms in total. The molecule has 1 aliphatic rings. The van der Waals surface area contributed by atoms with Gasteiger partial charge in [-0.3, -0.25) is 14.7 Å². The van der Waals surface area contributed by atoms with Gasteiger partial charge in [0.15, 0.2) is 11.5 Å². The molecule has 2 N–H and O–H groups in total. The maximum atomic E-state index is 14.3. The van der Waals surface area contributed by atoms with E-state index in [9.17, 15) is 18.0 Å². The second-order valence-electron chi connectivity index (χ2n) is 6.92. The lowest BCUT2D eigenvalue weighted by molar-refractivity contribution is -0.129. The Morgan fingerprint density at radius 1 is 1.16 bits per heavy atom. The molecule has 0 aliphatic carbocycles. The van der Waals surface area contributed by atoms with E-state index in [-0.39, 0.29) is 33.2 Å². The number of carbonyl (C=O) groups is 1. The number of likely N-dealkylation sites (N-methyl/N-ethyl adjacent to an activating group) is 1. The standard InChI is InChI=1S/C21H15ClF3N5O/c1-30-19(31)21(29-20(30)26,14-6-12(17(23)24)9-27-10-14)13-5-11(7-15(22)8-13)16-3-2-4-28-18(16)25/h2-10,17H,1H3,(H2,26,29). The number of amides is 1. The van der Waals surface area contributed by atoms with Crippen LogP contribution in [0.5, 0.6) is 0 Å². The van der Waals surface area contributed by atoms with E-state index in [0.717, 1.165) is 17.2 Å². The van der Waals surface area contributed by atoms with E-state index in [4.69, 9.17) is 17.3 Å². The van der Waals surface area contributed by atoms with Crippen molar-refractivity contribution >= 4 is 23.5 Å². The van der Waals surface area contributed by atoms with Crippen LogP contribution in [0.2, 0.25) is 5.02 Å². The number of guanidine groups is 1. The van der Waals surface area contributed by atoms with Gasteiger partial charge < -0.3 is 5.73 Å². The molecule has 2 aromatic heterocycles. The zero-order chi connectivity index (χ0) is 22.3. The maximum Gasteiger partial charge on any atom is 0.266 e. The summed E-state index contributed by atoms with van der Waals surface area (Å²) in [6.45, 7) is 0. The molecule has 0 fully saturated rings. The quantitative estimate of drug-likeness (QED) is 0.617. The van der Waals surface area contributed by atoms with Crippen LogP contribution < -0.4 is 5.73 Å². The number of benzene rings is 1. The lowest BCUT2D eigenvalue weighted by Gasteiger charge is -2.27. The number of pyridine rings is 2. The van der Waals surface area contributed by atoms with Gasteiger partial charge in [0.05, 0.1) is 0 Å². The van der Waals surface area contributed by atoms with Crippen molar-refractivity contribution in [1.82, 2.24) is 14.9 Å². The van der Waals surface area contributed by atoms with Crippen LogP contribution in [0, 0.1) is 5.95 Å². The molecule has 0 saturated carbocycles. The topological polar surface area (TPSA) is 84.5 Å². The Morgan fingerprint density at radius 3 is 2.58 bits per heavy atom. The minimum Gasteiger partial charge on any atom is -0.369 e. The van der Waals surface area contributed by atoms with E-state index in [1.807, 2.05) is 0 Å². The molecule has 10 heteroatoms. The van der Waals surface area contributed by atoms with Gasteiger partial charge in [0.1, 0.15) is 0 Å². The second-order valence-corrected chi connectivity index (χ2v) is 7.36. The highest BCUT2D eigenvalue weighted by molar-refractivity contribution is 6.31. The molecule has 158 valence electrons. The third-order valence-corrected chi connectivity index (χ3v) is 5.27. The SMILES string of the molecule is CN1C(=O)C(c2cc(Cl)cc(-c3cccnc3F)c2)(c2cncc(C(F)F)c2)N=C1N. The Hall–Kier alpha value is -3.46. The Bertz CT molecular complexity index is 1220. The highest BCUT2D eigenvalue weighted by Gasteiger charge is 2.50. The molecule has 0 bridgehead atoms. The summed E-state index contributed by atoms with van der Waals surface area (Å²) in [5, 5.41) is 0.184. The number of hydrogen-bond donors (Lipinski definition) is 1. The Labute approximate surface area is 180 Å². The molecule has 3 aromatic rings. The first-order valence-corrected chi connectivity index (χ1v) is 9.41. The van der Waals surface area contributed by atoms with E-state index in [1.165, 1.54) is 43.7 Å². The Kier molecular flexibility index (Phi) is 5.14. The van der Waals surface area contributed by atoms with Crippen molar-refractivity contribution in [1.29, 1.82) is 0 Å². The van der Waals surface area contributed by atoms with Crippen molar-refractivity contribution < 1.29 is 18.0 Å². The fourth-order valence-electron chi connectivity index (χ4n) is 3.51. The number of alkyl halides is 2. The van der Waals surface area contributed by atoms with E-state index in [0.29, 0.717) is 5.56 Å². The zero-order valence-corrected chi connectivity index (χ0v) is 16.8. The lowest BCUT2D eigenvalue weighted by atomic mass is 9.82. The highest BCUT2D eigenvalue weighted by atomic mass is 35.5. The number of halogens is 4. The van der Waals surface area contributed by atoms with E-state index in [1.54, 1.807) is 6.07 Å². The van der Waals surface area contributed by atoms with Crippen LogP contribution in [-0.2, 0) is 10.3 Å². The zero-order valence-electron chi connectivity index (χ0n) is 16.1. The van der Waals surface area contributed by atoms with Gasteiger partial charge in [-0.25, -0.2) is 18.8 Å². The summed E-state index contributed by atoms with van der Waals surface area (Å²) in [6, 6.07) is 8.68. The monoisotopic (exact) mass is 445 g/mol. The Morgan fingerprint density at radius 2 is 1.94 bits per heavy atom. The summed E-state index contributed by atoms with van der Waals surface area (Å²) in [5.74, 6) is -1.43. The van der Waals surface area contributed by atoms with E-state index >= 15 is 0 Å². The smallest absolute Gasteiger partial charge is 0.266 e. The van der Waals surface area contributed by atoms with Crippen molar-refractivity contribution in [3.8, 4) is 11.1 Å². The van der Waals surface area contributed by atoms with Crippen LogP contribution in [0.15, 0.2) is 60.0 Å². The van der Waals surface area contributed by atoms with Crippen LogP contribution in [0.1, 0.15) is 23.1 Å². The van der Waals surface area contributed by atoms with Crippen LogP contribution in [0.25, 0.3) is 11.1 Å². The van der Waals surface area contributed by atoms with Gasteiger partial charge in [-0.2, -0.15) is 4.39 Å². The minimum absolute atomic E-state index is 0.0856. The molecule has 4 rings (SSSR count). The molecule has 0 radical (unpaired) electrons. The molecule has 31 heavy (non-hydrogen) atoms. The van der Waals surface area contributed by atoms with Gasteiger partial charge in [0, 0.05) is 47.4 Å². The molecular weight excluding hydrogens is 431 g/mol. The highest BCUT2D eigenvalue weighted by Crippen LogP contribution is 2.42. The first kappa shape index (κ1) is 20.8. The van der Waals surface area contributed by atoms with Crippen LogP contribution in [0.3, 0.4) is 0 Å².